The monoisotopic (exact) mass is 383 g/mol. The number of hydrogen-bond donors (Lipinski definition) is 1. The van der Waals surface area contributed by atoms with Gasteiger partial charge in [0.05, 0.1) is 29.1 Å². The molecule has 2 aliphatic rings. The summed E-state index contributed by atoms with van der Waals surface area (Å²) in [4.78, 5) is 23.0. The van der Waals surface area contributed by atoms with E-state index in [0.29, 0.717) is 11.6 Å². The van der Waals surface area contributed by atoms with Gasteiger partial charge in [0.1, 0.15) is 5.69 Å². The highest BCUT2D eigenvalue weighted by atomic mass is 16.2. The van der Waals surface area contributed by atoms with Crippen LogP contribution in [0.5, 0.6) is 0 Å². The van der Waals surface area contributed by atoms with Gasteiger partial charge in [-0.25, -0.2) is 4.98 Å². The molecule has 6 rings (SSSR count). The van der Waals surface area contributed by atoms with Crippen molar-refractivity contribution in [2.45, 2.75) is 31.7 Å². The highest BCUT2D eigenvalue weighted by Gasteiger charge is 2.46. The zero-order valence-corrected chi connectivity index (χ0v) is 16.4. The molecule has 6 heteroatoms. The lowest BCUT2D eigenvalue weighted by molar-refractivity contribution is 0.0985. The summed E-state index contributed by atoms with van der Waals surface area (Å²) < 4.78 is 1.78. The summed E-state index contributed by atoms with van der Waals surface area (Å²) in [5, 5.41) is 4.76. The van der Waals surface area contributed by atoms with Crippen LogP contribution in [-0.4, -0.2) is 25.7 Å². The third-order valence-corrected chi connectivity index (χ3v) is 6.10. The number of fused-ring (bicyclic) bond motifs is 2. The number of benzene rings is 2. The third-order valence-electron chi connectivity index (χ3n) is 6.10. The molecule has 1 fully saturated rings. The van der Waals surface area contributed by atoms with Crippen molar-refractivity contribution in [1.29, 1.82) is 0 Å². The van der Waals surface area contributed by atoms with E-state index in [-0.39, 0.29) is 11.9 Å². The van der Waals surface area contributed by atoms with Gasteiger partial charge in [0.25, 0.3) is 5.91 Å². The molecule has 0 radical (unpaired) electrons. The first-order chi connectivity index (χ1) is 14.1. The highest BCUT2D eigenvalue weighted by Crippen LogP contribution is 2.49. The van der Waals surface area contributed by atoms with Crippen LogP contribution in [0.2, 0.25) is 0 Å². The fourth-order valence-electron chi connectivity index (χ4n) is 4.51. The molecule has 1 atom stereocenters. The van der Waals surface area contributed by atoms with Crippen molar-refractivity contribution in [2.24, 2.45) is 7.05 Å². The summed E-state index contributed by atoms with van der Waals surface area (Å²) in [5.41, 5.74) is 7.89. The fraction of sp³-hybridized carbons (Fsp3) is 0.261. The van der Waals surface area contributed by atoms with Crippen LogP contribution in [0, 0.1) is 6.92 Å². The van der Waals surface area contributed by atoms with Crippen molar-refractivity contribution in [2.75, 3.05) is 4.90 Å². The standard InChI is InChI=1S/C23H21N5O/c1-13-3-5-15(6-4-13)21-19-20(14-7-8-14)26-27(2)22(19)23(29)28(21)16-9-10-17-18(11-16)25-12-24-17/h3-6,9-12,14,21H,7-8H2,1-2H3,(H,24,25). The maximum Gasteiger partial charge on any atom is 0.277 e. The molecule has 3 heterocycles. The minimum Gasteiger partial charge on any atom is -0.345 e. The molecular formula is C23H21N5O. The smallest absolute Gasteiger partial charge is 0.277 e. The molecule has 1 amide bonds. The van der Waals surface area contributed by atoms with Gasteiger partial charge in [-0.3, -0.25) is 14.4 Å². The molecule has 144 valence electrons. The number of aromatic nitrogens is 4. The molecule has 1 saturated carbocycles. The molecule has 2 aromatic carbocycles. The van der Waals surface area contributed by atoms with E-state index in [1.54, 1.807) is 11.0 Å². The van der Waals surface area contributed by atoms with Crippen LogP contribution < -0.4 is 4.90 Å². The van der Waals surface area contributed by atoms with Gasteiger partial charge in [-0.15, -0.1) is 0 Å². The molecular weight excluding hydrogens is 362 g/mol. The maximum atomic E-state index is 13.6. The Morgan fingerprint density at radius 3 is 2.66 bits per heavy atom. The zero-order chi connectivity index (χ0) is 19.7. The number of anilines is 1. The first-order valence-electron chi connectivity index (χ1n) is 10.0. The summed E-state index contributed by atoms with van der Waals surface area (Å²) in [6, 6.07) is 14.3. The number of carbonyl (C=O) groups excluding carboxylic acids is 1. The van der Waals surface area contributed by atoms with E-state index >= 15 is 0 Å². The van der Waals surface area contributed by atoms with Gasteiger partial charge in [0, 0.05) is 24.2 Å². The molecule has 2 aromatic heterocycles. The van der Waals surface area contributed by atoms with Gasteiger partial charge in [0.15, 0.2) is 0 Å². The first-order valence-corrected chi connectivity index (χ1v) is 10.0. The lowest BCUT2D eigenvalue weighted by atomic mass is 9.96. The van der Waals surface area contributed by atoms with Crippen molar-refractivity contribution < 1.29 is 4.79 Å². The summed E-state index contributed by atoms with van der Waals surface area (Å²) in [5.74, 6) is 0.479. The van der Waals surface area contributed by atoms with Crippen LogP contribution in [0.1, 0.15) is 57.7 Å². The number of imidazole rings is 1. The van der Waals surface area contributed by atoms with Crippen LogP contribution in [0.4, 0.5) is 5.69 Å². The first kappa shape index (κ1) is 16.5. The van der Waals surface area contributed by atoms with Crippen molar-refractivity contribution in [3.63, 3.8) is 0 Å². The summed E-state index contributed by atoms with van der Waals surface area (Å²) in [7, 11) is 1.89. The minimum atomic E-state index is -0.164. The van der Waals surface area contributed by atoms with Crippen LogP contribution in [0.25, 0.3) is 11.0 Å². The summed E-state index contributed by atoms with van der Waals surface area (Å²) in [6.07, 6.45) is 3.98. The Morgan fingerprint density at radius 1 is 1.10 bits per heavy atom. The van der Waals surface area contributed by atoms with E-state index in [1.807, 2.05) is 30.1 Å². The molecule has 1 aliphatic carbocycles. The second-order valence-corrected chi connectivity index (χ2v) is 8.14. The third kappa shape index (κ3) is 2.38. The Morgan fingerprint density at radius 2 is 1.90 bits per heavy atom. The Labute approximate surface area is 168 Å². The Kier molecular flexibility index (Phi) is 3.30. The normalized spacial score (nSPS) is 18.6. The molecule has 0 bridgehead atoms. The maximum absolute atomic E-state index is 13.6. The lowest BCUT2D eigenvalue weighted by Gasteiger charge is -2.26. The van der Waals surface area contributed by atoms with Crippen LogP contribution in [0.3, 0.4) is 0 Å². The number of carbonyl (C=O) groups is 1. The van der Waals surface area contributed by atoms with E-state index in [4.69, 9.17) is 5.10 Å². The van der Waals surface area contributed by atoms with E-state index in [2.05, 4.69) is 41.2 Å². The average Bonchev–Trinajstić information content (AvgIpc) is 3.23. The number of rotatable bonds is 3. The van der Waals surface area contributed by atoms with Crippen molar-refractivity contribution >= 4 is 22.6 Å². The predicted molar refractivity (Wildman–Crippen MR) is 111 cm³/mol. The van der Waals surface area contributed by atoms with Gasteiger partial charge < -0.3 is 4.98 Å². The topological polar surface area (TPSA) is 66.8 Å². The number of aryl methyl sites for hydroxylation is 2. The van der Waals surface area contributed by atoms with Crippen molar-refractivity contribution in [1.82, 2.24) is 19.7 Å². The number of aromatic amines is 1. The SMILES string of the molecule is Cc1ccc(C2c3c(C4CC4)nn(C)c3C(=O)N2c2ccc3nc[nH]c3c2)cc1. The van der Waals surface area contributed by atoms with Gasteiger partial charge in [-0.05, 0) is 43.5 Å². The average molecular weight is 383 g/mol. The number of H-pyrrole nitrogens is 1. The number of nitrogens with one attached hydrogen (secondary N) is 1. The largest absolute Gasteiger partial charge is 0.345 e. The molecule has 6 nitrogen and oxygen atoms in total. The van der Waals surface area contributed by atoms with Gasteiger partial charge in [-0.1, -0.05) is 29.8 Å². The molecule has 0 spiro atoms. The molecule has 1 unspecified atom stereocenters. The Hall–Kier alpha value is -3.41. The molecule has 0 saturated heterocycles. The second kappa shape index (κ2) is 5.80. The van der Waals surface area contributed by atoms with Crippen LogP contribution in [0.15, 0.2) is 48.8 Å². The number of hydrogen-bond acceptors (Lipinski definition) is 3. The number of nitrogens with zero attached hydrogens (tertiary/aromatic N) is 4. The summed E-state index contributed by atoms with van der Waals surface area (Å²) in [6.45, 7) is 2.08. The van der Waals surface area contributed by atoms with Gasteiger partial charge in [-0.2, -0.15) is 5.10 Å². The van der Waals surface area contributed by atoms with E-state index in [9.17, 15) is 4.79 Å². The quantitative estimate of drug-likeness (QED) is 0.576. The Balaban J connectivity index is 1.58. The van der Waals surface area contributed by atoms with Gasteiger partial charge >= 0.3 is 0 Å². The van der Waals surface area contributed by atoms with Crippen molar-refractivity contribution in [3.05, 3.63) is 76.9 Å². The van der Waals surface area contributed by atoms with Gasteiger partial charge in [0.2, 0.25) is 0 Å². The van der Waals surface area contributed by atoms with Crippen LogP contribution in [-0.2, 0) is 7.05 Å². The molecule has 29 heavy (non-hydrogen) atoms. The zero-order valence-electron chi connectivity index (χ0n) is 16.4. The lowest BCUT2D eigenvalue weighted by Crippen LogP contribution is -2.30. The number of amides is 1. The Bertz CT molecular complexity index is 1260. The van der Waals surface area contributed by atoms with E-state index < -0.39 is 0 Å². The van der Waals surface area contributed by atoms with Crippen molar-refractivity contribution in [3.8, 4) is 0 Å². The highest BCUT2D eigenvalue weighted by molar-refractivity contribution is 6.11. The van der Waals surface area contributed by atoms with E-state index in [1.165, 1.54) is 5.56 Å². The molecule has 4 aromatic rings. The summed E-state index contributed by atoms with van der Waals surface area (Å²) >= 11 is 0. The van der Waals surface area contributed by atoms with Crippen LogP contribution >= 0.6 is 0 Å². The van der Waals surface area contributed by atoms with E-state index in [0.717, 1.165) is 46.4 Å². The predicted octanol–water partition coefficient (Wildman–Crippen LogP) is 4.23. The fourth-order valence-corrected chi connectivity index (χ4v) is 4.51. The molecule has 1 N–H and O–H groups in total. The second-order valence-electron chi connectivity index (χ2n) is 8.14. The molecule has 1 aliphatic heterocycles. The minimum absolute atomic E-state index is 0.00587.